The SMILES string of the molecule is CCCC(=O)c1ccc(N2C3CCC2CC(CC(=O)c2ccc(C(N)=O)c(NCC4CC4)c2)C3)nc1. The van der Waals surface area contributed by atoms with Gasteiger partial charge in [0.1, 0.15) is 5.82 Å². The number of Topliss-reactive ketones (excluding diaryl/α,β-unsaturated/α-hetero) is 2. The summed E-state index contributed by atoms with van der Waals surface area (Å²) in [5, 5.41) is 3.33. The van der Waals surface area contributed by atoms with E-state index < -0.39 is 5.91 Å². The highest BCUT2D eigenvalue weighted by Gasteiger charge is 2.41. The molecule has 2 aliphatic heterocycles. The number of nitrogens with two attached hydrogens (primary N) is 1. The van der Waals surface area contributed by atoms with Crippen LogP contribution in [0.5, 0.6) is 0 Å². The maximum atomic E-state index is 13.2. The van der Waals surface area contributed by atoms with Crippen molar-refractivity contribution in [3.05, 3.63) is 53.2 Å². The van der Waals surface area contributed by atoms with Crippen LogP contribution in [0.25, 0.3) is 0 Å². The Morgan fingerprint density at radius 2 is 1.69 bits per heavy atom. The molecule has 1 aromatic carbocycles. The average Bonchev–Trinajstić information content (AvgIpc) is 3.66. The quantitative estimate of drug-likeness (QED) is 0.431. The third-order valence-corrected chi connectivity index (χ3v) is 8.00. The topological polar surface area (TPSA) is 105 Å². The average molecular weight is 489 g/mol. The van der Waals surface area contributed by atoms with Gasteiger partial charge in [-0.2, -0.15) is 0 Å². The number of carbonyl (C=O) groups excluding carboxylic acids is 3. The molecule has 1 amide bonds. The number of ketones is 2. The molecule has 0 spiro atoms. The molecule has 2 saturated heterocycles. The molecule has 7 nitrogen and oxygen atoms in total. The summed E-state index contributed by atoms with van der Waals surface area (Å²) in [5.74, 6) is 1.70. The van der Waals surface area contributed by atoms with Crippen molar-refractivity contribution in [3.8, 4) is 0 Å². The first-order valence-corrected chi connectivity index (χ1v) is 13.4. The molecule has 190 valence electrons. The zero-order chi connectivity index (χ0) is 25.2. The van der Waals surface area contributed by atoms with E-state index >= 15 is 0 Å². The predicted molar refractivity (Wildman–Crippen MR) is 141 cm³/mol. The van der Waals surface area contributed by atoms with Crippen LogP contribution in [0.3, 0.4) is 0 Å². The van der Waals surface area contributed by atoms with Crippen LogP contribution in [0.15, 0.2) is 36.5 Å². The van der Waals surface area contributed by atoms with Crippen LogP contribution in [0.2, 0.25) is 0 Å². The number of hydrogen-bond acceptors (Lipinski definition) is 6. The molecular weight excluding hydrogens is 452 g/mol. The van der Waals surface area contributed by atoms with Crippen molar-refractivity contribution in [2.75, 3.05) is 16.8 Å². The second kappa shape index (κ2) is 10.4. The lowest BCUT2D eigenvalue weighted by Crippen LogP contribution is -2.43. The molecule has 7 heteroatoms. The normalized spacial score (nSPS) is 22.9. The molecule has 2 unspecified atom stereocenters. The van der Waals surface area contributed by atoms with E-state index in [9.17, 15) is 14.4 Å². The van der Waals surface area contributed by atoms with E-state index in [0.717, 1.165) is 44.5 Å². The molecule has 2 atom stereocenters. The van der Waals surface area contributed by atoms with Crippen molar-refractivity contribution in [2.45, 2.75) is 76.8 Å². The van der Waals surface area contributed by atoms with Gasteiger partial charge >= 0.3 is 0 Å². The molecule has 2 bridgehead atoms. The number of carbonyl (C=O) groups is 3. The van der Waals surface area contributed by atoms with Crippen LogP contribution in [-0.4, -0.2) is 41.1 Å². The first-order valence-electron chi connectivity index (χ1n) is 13.4. The van der Waals surface area contributed by atoms with Crippen LogP contribution >= 0.6 is 0 Å². The fourth-order valence-electron chi connectivity index (χ4n) is 5.94. The maximum Gasteiger partial charge on any atom is 0.250 e. The van der Waals surface area contributed by atoms with E-state index in [-0.39, 0.29) is 11.6 Å². The number of hydrogen-bond donors (Lipinski definition) is 2. The molecule has 5 rings (SSSR count). The minimum absolute atomic E-state index is 0.121. The predicted octanol–water partition coefficient (Wildman–Crippen LogP) is 5.01. The third-order valence-electron chi connectivity index (χ3n) is 8.00. The summed E-state index contributed by atoms with van der Waals surface area (Å²) in [7, 11) is 0. The molecule has 3 aliphatic rings. The van der Waals surface area contributed by atoms with E-state index in [1.54, 1.807) is 24.4 Å². The Morgan fingerprint density at radius 1 is 0.972 bits per heavy atom. The standard InChI is InChI=1S/C29H36N4O3/c1-2-3-26(34)21-7-11-28(32-17-21)33-22-8-9-23(33)13-19(12-22)14-27(35)20-6-10-24(29(30)36)25(15-20)31-16-18-4-5-18/h6-7,10-11,15,17-19,22-23,31H,2-5,8-9,12-14,16H2,1H3,(H2,30,36). The van der Waals surface area contributed by atoms with Crippen LogP contribution in [-0.2, 0) is 0 Å². The zero-order valence-electron chi connectivity index (χ0n) is 21.0. The molecule has 2 aromatic rings. The molecule has 36 heavy (non-hydrogen) atoms. The maximum absolute atomic E-state index is 13.2. The number of primary amides is 1. The van der Waals surface area contributed by atoms with E-state index in [1.807, 2.05) is 19.1 Å². The molecular formula is C29H36N4O3. The molecule has 3 fully saturated rings. The summed E-state index contributed by atoms with van der Waals surface area (Å²) in [6.45, 7) is 2.81. The van der Waals surface area contributed by atoms with Crippen LogP contribution in [0, 0.1) is 11.8 Å². The Bertz CT molecular complexity index is 1130. The van der Waals surface area contributed by atoms with Gasteiger partial charge in [0.15, 0.2) is 11.6 Å². The first-order chi connectivity index (χ1) is 17.4. The van der Waals surface area contributed by atoms with Gasteiger partial charge in [0, 0.05) is 54.5 Å². The highest BCUT2D eigenvalue weighted by atomic mass is 16.1. The van der Waals surface area contributed by atoms with Crippen molar-refractivity contribution in [1.29, 1.82) is 0 Å². The van der Waals surface area contributed by atoms with Crippen molar-refractivity contribution in [3.63, 3.8) is 0 Å². The van der Waals surface area contributed by atoms with Crippen molar-refractivity contribution < 1.29 is 14.4 Å². The van der Waals surface area contributed by atoms with Crippen LogP contribution < -0.4 is 16.0 Å². The van der Waals surface area contributed by atoms with Crippen molar-refractivity contribution in [2.24, 2.45) is 17.6 Å². The number of nitrogens with zero attached hydrogens (tertiary/aromatic N) is 2. The van der Waals surface area contributed by atoms with E-state index in [2.05, 4.69) is 15.2 Å². The molecule has 0 radical (unpaired) electrons. The highest BCUT2D eigenvalue weighted by molar-refractivity contribution is 6.02. The lowest BCUT2D eigenvalue weighted by Gasteiger charge is -2.39. The van der Waals surface area contributed by atoms with Gasteiger partial charge in [-0.05, 0) is 81.0 Å². The number of rotatable bonds is 11. The summed E-state index contributed by atoms with van der Waals surface area (Å²) < 4.78 is 0. The van der Waals surface area contributed by atoms with Gasteiger partial charge in [0.05, 0.1) is 5.56 Å². The number of piperidine rings is 1. The Kier molecular flexibility index (Phi) is 7.08. The Balaban J connectivity index is 1.23. The minimum Gasteiger partial charge on any atom is -0.384 e. The third kappa shape index (κ3) is 5.30. The molecule has 3 N–H and O–H groups in total. The largest absolute Gasteiger partial charge is 0.384 e. The van der Waals surface area contributed by atoms with Gasteiger partial charge < -0.3 is 16.0 Å². The number of nitrogens with one attached hydrogen (secondary N) is 1. The zero-order valence-corrected chi connectivity index (χ0v) is 21.0. The van der Waals surface area contributed by atoms with E-state index in [1.165, 1.54) is 12.8 Å². The van der Waals surface area contributed by atoms with Gasteiger partial charge in [-0.25, -0.2) is 4.98 Å². The molecule has 1 aromatic heterocycles. The highest BCUT2D eigenvalue weighted by Crippen LogP contribution is 2.42. The number of aromatic nitrogens is 1. The number of benzene rings is 1. The fraction of sp³-hybridized carbons (Fsp3) is 0.517. The fourth-order valence-corrected chi connectivity index (χ4v) is 5.94. The smallest absolute Gasteiger partial charge is 0.250 e. The van der Waals surface area contributed by atoms with E-state index in [0.29, 0.717) is 59.1 Å². The van der Waals surface area contributed by atoms with Gasteiger partial charge in [-0.1, -0.05) is 13.0 Å². The summed E-state index contributed by atoms with van der Waals surface area (Å²) in [4.78, 5) is 44.3. The summed E-state index contributed by atoms with van der Waals surface area (Å²) >= 11 is 0. The van der Waals surface area contributed by atoms with Gasteiger partial charge in [-0.15, -0.1) is 0 Å². The first kappa shape index (κ1) is 24.5. The van der Waals surface area contributed by atoms with Gasteiger partial charge in [0.2, 0.25) is 0 Å². The van der Waals surface area contributed by atoms with Gasteiger partial charge in [0.25, 0.3) is 5.91 Å². The number of fused-ring (bicyclic) bond motifs is 2. The van der Waals surface area contributed by atoms with Gasteiger partial charge in [-0.3, -0.25) is 14.4 Å². The summed E-state index contributed by atoms with van der Waals surface area (Å²) in [6.07, 6.45) is 10.2. The van der Waals surface area contributed by atoms with Crippen molar-refractivity contribution >= 4 is 29.0 Å². The number of amides is 1. The lowest BCUT2D eigenvalue weighted by molar-refractivity contribution is 0.0945. The monoisotopic (exact) mass is 488 g/mol. The van der Waals surface area contributed by atoms with Crippen LogP contribution in [0.1, 0.15) is 95.8 Å². The molecule has 1 saturated carbocycles. The Morgan fingerprint density at radius 3 is 2.31 bits per heavy atom. The summed E-state index contributed by atoms with van der Waals surface area (Å²) in [5.41, 5.74) is 7.99. The number of pyridine rings is 1. The van der Waals surface area contributed by atoms with Crippen LogP contribution in [0.4, 0.5) is 11.5 Å². The molecule has 1 aliphatic carbocycles. The van der Waals surface area contributed by atoms with E-state index in [4.69, 9.17) is 5.73 Å². The minimum atomic E-state index is -0.479. The lowest BCUT2D eigenvalue weighted by atomic mass is 9.85. The Labute approximate surface area is 212 Å². The number of anilines is 2. The second-order valence-corrected chi connectivity index (χ2v) is 10.8. The van der Waals surface area contributed by atoms with Crippen molar-refractivity contribution in [1.82, 2.24) is 4.98 Å². The molecule has 3 heterocycles. The second-order valence-electron chi connectivity index (χ2n) is 10.8. The summed E-state index contributed by atoms with van der Waals surface area (Å²) in [6, 6.07) is 9.85. The Hall–Kier alpha value is -3.22.